The van der Waals surface area contributed by atoms with Crippen LogP contribution in [0.5, 0.6) is 0 Å². The predicted molar refractivity (Wildman–Crippen MR) is 62.9 cm³/mol. The lowest BCUT2D eigenvalue weighted by Crippen LogP contribution is -2.28. The summed E-state index contributed by atoms with van der Waals surface area (Å²) >= 11 is 0. The Morgan fingerprint density at radius 3 is 2.67 bits per heavy atom. The Morgan fingerprint density at radius 1 is 1.33 bits per heavy atom. The van der Waals surface area contributed by atoms with Crippen LogP contribution in [0.4, 0.5) is 0 Å². The Bertz CT molecular complexity index is 392. The molecule has 0 radical (unpaired) electrons. The van der Waals surface area contributed by atoms with Gasteiger partial charge in [-0.3, -0.25) is 0 Å². The van der Waals surface area contributed by atoms with Crippen molar-refractivity contribution in [2.24, 2.45) is 0 Å². The summed E-state index contributed by atoms with van der Waals surface area (Å²) in [6.07, 6.45) is -1.96. The van der Waals surface area contributed by atoms with E-state index >= 15 is 0 Å². The lowest BCUT2D eigenvalue weighted by atomic mass is 10.2. The van der Waals surface area contributed by atoms with Crippen LogP contribution in [0.1, 0.15) is 12.5 Å². The first-order chi connectivity index (χ1) is 8.66. The zero-order valence-electron chi connectivity index (χ0n) is 10.1. The van der Waals surface area contributed by atoms with Crippen LogP contribution in [0, 0.1) is 0 Å². The van der Waals surface area contributed by atoms with Gasteiger partial charge in [0.25, 0.3) is 0 Å². The zero-order chi connectivity index (χ0) is 13.0. The zero-order valence-corrected chi connectivity index (χ0v) is 10.1. The molecule has 0 unspecified atom stereocenters. The molecular formula is C13H16O5. The number of carboxylic acid groups (broad SMARTS) is 1. The van der Waals surface area contributed by atoms with E-state index in [0.717, 1.165) is 5.56 Å². The first-order valence-corrected chi connectivity index (χ1v) is 5.82. The van der Waals surface area contributed by atoms with Gasteiger partial charge < -0.3 is 19.3 Å². The minimum atomic E-state index is -1.01. The third kappa shape index (κ3) is 3.29. The third-order valence-electron chi connectivity index (χ3n) is 2.70. The quantitative estimate of drug-likeness (QED) is 0.858. The first kappa shape index (κ1) is 13.0. The minimum Gasteiger partial charge on any atom is -0.479 e. The SMILES string of the molecule is C[C@@H]1O[C@@H](COCc2ccccc2)O[C@H]1C(=O)O. The molecule has 1 N–H and O–H groups in total. The van der Waals surface area contributed by atoms with E-state index in [1.54, 1.807) is 6.92 Å². The second-order valence-corrected chi connectivity index (χ2v) is 4.17. The molecule has 0 amide bonds. The Kier molecular flexibility index (Phi) is 4.30. The molecule has 5 nitrogen and oxygen atoms in total. The van der Waals surface area contributed by atoms with Crippen molar-refractivity contribution < 1.29 is 24.1 Å². The predicted octanol–water partition coefficient (Wildman–Crippen LogP) is 1.42. The van der Waals surface area contributed by atoms with Gasteiger partial charge in [-0.15, -0.1) is 0 Å². The van der Waals surface area contributed by atoms with Crippen LogP contribution >= 0.6 is 0 Å². The Morgan fingerprint density at radius 2 is 2.06 bits per heavy atom. The maximum Gasteiger partial charge on any atom is 0.335 e. The van der Waals surface area contributed by atoms with Gasteiger partial charge in [-0.05, 0) is 12.5 Å². The summed E-state index contributed by atoms with van der Waals surface area (Å²) < 4.78 is 16.0. The minimum absolute atomic E-state index is 0.225. The van der Waals surface area contributed by atoms with E-state index in [-0.39, 0.29) is 6.61 Å². The smallest absolute Gasteiger partial charge is 0.335 e. The van der Waals surface area contributed by atoms with E-state index in [1.807, 2.05) is 30.3 Å². The van der Waals surface area contributed by atoms with Crippen molar-refractivity contribution in [3.05, 3.63) is 35.9 Å². The third-order valence-corrected chi connectivity index (χ3v) is 2.70. The van der Waals surface area contributed by atoms with E-state index in [1.165, 1.54) is 0 Å². The summed E-state index contributed by atoms with van der Waals surface area (Å²) in [7, 11) is 0. The maximum absolute atomic E-state index is 10.8. The Hall–Kier alpha value is -1.43. The molecule has 98 valence electrons. The van der Waals surface area contributed by atoms with Crippen LogP contribution in [0.15, 0.2) is 30.3 Å². The largest absolute Gasteiger partial charge is 0.479 e. The number of carbonyl (C=O) groups is 1. The highest BCUT2D eigenvalue weighted by molar-refractivity contribution is 5.73. The van der Waals surface area contributed by atoms with E-state index < -0.39 is 24.5 Å². The van der Waals surface area contributed by atoms with Gasteiger partial charge in [-0.1, -0.05) is 30.3 Å². The van der Waals surface area contributed by atoms with Crippen molar-refractivity contribution >= 4 is 5.97 Å². The summed E-state index contributed by atoms with van der Waals surface area (Å²) in [5.74, 6) is -1.01. The van der Waals surface area contributed by atoms with Crippen LogP contribution in [0.2, 0.25) is 0 Å². The molecule has 0 bridgehead atoms. The number of hydrogen-bond donors (Lipinski definition) is 1. The molecule has 1 aromatic carbocycles. The van der Waals surface area contributed by atoms with Gasteiger partial charge in [0.2, 0.25) is 0 Å². The van der Waals surface area contributed by atoms with Gasteiger partial charge in [0, 0.05) is 0 Å². The van der Waals surface area contributed by atoms with Gasteiger partial charge in [0.1, 0.15) is 0 Å². The molecule has 3 atom stereocenters. The highest BCUT2D eigenvalue weighted by Gasteiger charge is 2.38. The van der Waals surface area contributed by atoms with Crippen LogP contribution in [-0.2, 0) is 25.6 Å². The van der Waals surface area contributed by atoms with Crippen molar-refractivity contribution in [1.29, 1.82) is 0 Å². The Labute approximate surface area is 105 Å². The van der Waals surface area contributed by atoms with E-state index in [4.69, 9.17) is 19.3 Å². The van der Waals surface area contributed by atoms with Crippen LogP contribution in [0.3, 0.4) is 0 Å². The standard InChI is InChI=1S/C13H16O5/c1-9-12(13(14)15)18-11(17-9)8-16-7-10-5-3-2-4-6-10/h2-6,9,11-12H,7-8H2,1H3,(H,14,15)/t9-,11+,12+/m0/s1. The maximum atomic E-state index is 10.8. The molecule has 1 fully saturated rings. The monoisotopic (exact) mass is 252 g/mol. The normalized spacial score (nSPS) is 27.3. The van der Waals surface area contributed by atoms with Gasteiger partial charge in [0.15, 0.2) is 12.4 Å². The average Bonchev–Trinajstić information content (AvgIpc) is 2.72. The fourth-order valence-electron chi connectivity index (χ4n) is 1.80. The van der Waals surface area contributed by atoms with E-state index in [0.29, 0.717) is 6.61 Å². The van der Waals surface area contributed by atoms with Gasteiger partial charge in [0.05, 0.1) is 19.3 Å². The van der Waals surface area contributed by atoms with Crippen molar-refractivity contribution in [2.45, 2.75) is 32.0 Å². The molecular weight excluding hydrogens is 236 g/mol. The van der Waals surface area contributed by atoms with Crippen molar-refractivity contribution in [2.75, 3.05) is 6.61 Å². The highest BCUT2D eigenvalue weighted by Crippen LogP contribution is 2.19. The molecule has 18 heavy (non-hydrogen) atoms. The molecule has 0 aliphatic carbocycles. The van der Waals surface area contributed by atoms with Crippen LogP contribution < -0.4 is 0 Å². The second kappa shape index (κ2) is 5.95. The molecule has 1 saturated heterocycles. The molecule has 1 aliphatic heterocycles. The molecule has 0 saturated carbocycles. The topological polar surface area (TPSA) is 65.0 Å². The highest BCUT2D eigenvalue weighted by atomic mass is 16.7. The van der Waals surface area contributed by atoms with Crippen molar-refractivity contribution in [3.8, 4) is 0 Å². The van der Waals surface area contributed by atoms with Gasteiger partial charge >= 0.3 is 5.97 Å². The number of rotatable bonds is 5. The average molecular weight is 252 g/mol. The summed E-state index contributed by atoms with van der Waals surface area (Å²) in [5, 5.41) is 8.86. The fourth-order valence-corrected chi connectivity index (χ4v) is 1.80. The number of aliphatic carboxylic acids is 1. The fraction of sp³-hybridized carbons (Fsp3) is 0.462. The summed E-state index contributed by atoms with van der Waals surface area (Å²) in [5.41, 5.74) is 1.05. The number of ether oxygens (including phenoxy) is 3. The lowest BCUT2D eigenvalue weighted by Gasteiger charge is -2.10. The van der Waals surface area contributed by atoms with E-state index in [2.05, 4.69) is 0 Å². The Balaban J connectivity index is 1.74. The van der Waals surface area contributed by atoms with Crippen molar-refractivity contribution in [3.63, 3.8) is 0 Å². The van der Waals surface area contributed by atoms with Gasteiger partial charge in [-0.25, -0.2) is 4.79 Å². The molecule has 1 aromatic rings. The van der Waals surface area contributed by atoms with Crippen LogP contribution in [0.25, 0.3) is 0 Å². The van der Waals surface area contributed by atoms with Crippen molar-refractivity contribution in [1.82, 2.24) is 0 Å². The summed E-state index contributed by atoms with van der Waals surface area (Å²) in [6, 6.07) is 9.72. The lowest BCUT2D eigenvalue weighted by molar-refractivity contribution is -0.154. The molecule has 1 heterocycles. The summed E-state index contributed by atoms with van der Waals surface area (Å²) in [4.78, 5) is 10.8. The molecule has 1 aliphatic rings. The van der Waals surface area contributed by atoms with Crippen LogP contribution in [-0.4, -0.2) is 36.2 Å². The molecule has 2 rings (SSSR count). The molecule has 5 heteroatoms. The number of hydrogen-bond acceptors (Lipinski definition) is 4. The number of benzene rings is 1. The van der Waals surface area contributed by atoms with E-state index in [9.17, 15) is 4.79 Å². The second-order valence-electron chi connectivity index (χ2n) is 4.17. The molecule has 0 aromatic heterocycles. The first-order valence-electron chi connectivity index (χ1n) is 5.82. The summed E-state index contributed by atoms with van der Waals surface area (Å²) in [6.45, 7) is 2.36. The van der Waals surface area contributed by atoms with Gasteiger partial charge in [-0.2, -0.15) is 0 Å². The number of carboxylic acids is 1. The molecule has 0 spiro atoms.